The van der Waals surface area contributed by atoms with Gasteiger partial charge in [0.05, 0.1) is 0 Å². The highest BCUT2D eigenvalue weighted by molar-refractivity contribution is 5.95. The molecule has 184 valence electrons. The Labute approximate surface area is 199 Å². The van der Waals surface area contributed by atoms with E-state index in [0.717, 1.165) is 11.6 Å². The fourth-order valence-corrected chi connectivity index (χ4v) is 3.96. The van der Waals surface area contributed by atoms with E-state index in [-0.39, 0.29) is 31.1 Å². The molecular formula is C24H32N4O6. The molecule has 1 aliphatic heterocycles. The van der Waals surface area contributed by atoms with Gasteiger partial charge in [0.25, 0.3) is 0 Å². The Bertz CT molecular complexity index is 919. The molecule has 0 aliphatic carbocycles. The van der Waals surface area contributed by atoms with Crippen molar-refractivity contribution in [1.82, 2.24) is 20.4 Å². The third-order valence-corrected chi connectivity index (χ3v) is 5.94. The third-order valence-electron chi connectivity index (χ3n) is 5.94. The maximum Gasteiger partial charge on any atom is 0.326 e. The normalized spacial score (nSPS) is 16.8. The summed E-state index contributed by atoms with van der Waals surface area (Å²) in [6, 6.07) is 6.02. The number of carbonyl (C=O) groups excluding carboxylic acids is 4. The first-order valence-electron chi connectivity index (χ1n) is 11.2. The fourth-order valence-electron chi connectivity index (χ4n) is 3.96. The molecule has 1 heterocycles. The van der Waals surface area contributed by atoms with E-state index in [2.05, 4.69) is 17.2 Å². The molecule has 0 aromatic heterocycles. The average Bonchev–Trinajstić information content (AvgIpc) is 3.33. The van der Waals surface area contributed by atoms with Crippen molar-refractivity contribution in [2.24, 2.45) is 0 Å². The Morgan fingerprint density at radius 3 is 2.50 bits per heavy atom. The molecule has 0 bridgehead atoms. The molecule has 10 nitrogen and oxygen atoms in total. The van der Waals surface area contributed by atoms with Crippen molar-refractivity contribution >= 4 is 29.6 Å². The lowest BCUT2D eigenvalue weighted by atomic mass is 10.0. The van der Waals surface area contributed by atoms with E-state index < -0.39 is 35.9 Å². The largest absolute Gasteiger partial charge is 0.480 e. The molecule has 0 unspecified atom stereocenters. The molecule has 0 saturated carbocycles. The number of carboxylic acid groups (broad SMARTS) is 1. The molecule has 2 rings (SSSR count). The second-order valence-electron chi connectivity index (χ2n) is 8.16. The van der Waals surface area contributed by atoms with E-state index in [4.69, 9.17) is 0 Å². The Hall–Kier alpha value is -3.69. The van der Waals surface area contributed by atoms with Gasteiger partial charge >= 0.3 is 5.97 Å². The maximum atomic E-state index is 13.3. The van der Waals surface area contributed by atoms with Gasteiger partial charge in [0.1, 0.15) is 18.1 Å². The molecule has 1 fully saturated rings. The van der Waals surface area contributed by atoms with E-state index in [1.54, 1.807) is 12.1 Å². The Morgan fingerprint density at radius 2 is 1.91 bits per heavy atom. The van der Waals surface area contributed by atoms with Gasteiger partial charge < -0.3 is 25.5 Å². The molecular weight excluding hydrogens is 440 g/mol. The van der Waals surface area contributed by atoms with Crippen LogP contribution in [0.15, 0.2) is 43.0 Å². The molecule has 0 spiro atoms. The zero-order valence-electron chi connectivity index (χ0n) is 19.5. The molecule has 4 amide bonds. The monoisotopic (exact) mass is 472 g/mol. The van der Waals surface area contributed by atoms with Crippen LogP contribution in [0.3, 0.4) is 0 Å². The number of benzene rings is 1. The van der Waals surface area contributed by atoms with Crippen LogP contribution in [0.2, 0.25) is 0 Å². The number of hydrogen-bond donors (Lipinski definition) is 3. The van der Waals surface area contributed by atoms with Crippen LogP contribution in [0.1, 0.15) is 31.2 Å². The quantitative estimate of drug-likeness (QED) is 0.397. The molecule has 0 radical (unpaired) electrons. The average molecular weight is 473 g/mol. The second kappa shape index (κ2) is 12.5. The molecule has 10 heteroatoms. The minimum atomic E-state index is -1.29. The first-order chi connectivity index (χ1) is 16.2. The van der Waals surface area contributed by atoms with Gasteiger partial charge in [-0.05, 0) is 30.9 Å². The van der Waals surface area contributed by atoms with Crippen molar-refractivity contribution in [2.45, 2.75) is 50.2 Å². The van der Waals surface area contributed by atoms with Crippen molar-refractivity contribution in [3.05, 3.63) is 48.6 Å². The summed E-state index contributed by atoms with van der Waals surface area (Å²) in [5.41, 5.74) is 0.782. The highest BCUT2D eigenvalue weighted by Gasteiger charge is 2.39. The molecule has 3 N–H and O–H groups in total. The zero-order valence-corrected chi connectivity index (χ0v) is 19.5. The van der Waals surface area contributed by atoms with E-state index in [1.165, 1.54) is 23.9 Å². The van der Waals surface area contributed by atoms with Crippen molar-refractivity contribution in [3.63, 3.8) is 0 Å². The number of likely N-dealkylation sites (N-methyl/N-ethyl adjacent to an activating group) is 1. The van der Waals surface area contributed by atoms with Crippen LogP contribution in [0.25, 0.3) is 0 Å². The summed E-state index contributed by atoms with van der Waals surface area (Å²) < 4.78 is 0. The summed E-state index contributed by atoms with van der Waals surface area (Å²) in [5, 5.41) is 14.4. The summed E-state index contributed by atoms with van der Waals surface area (Å²) in [7, 11) is 2.92. The van der Waals surface area contributed by atoms with Crippen LogP contribution >= 0.6 is 0 Å². The van der Waals surface area contributed by atoms with Crippen molar-refractivity contribution < 1.29 is 29.1 Å². The first kappa shape index (κ1) is 26.6. The van der Waals surface area contributed by atoms with Gasteiger partial charge in [0.2, 0.25) is 23.6 Å². The second-order valence-corrected chi connectivity index (χ2v) is 8.16. The van der Waals surface area contributed by atoms with Crippen LogP contribution in [0.5, 0.6) is 0 Å². The van der Waals surface area contributed by atoms with Crippen LogP contribution in [-0.4, -0.2) is 83.3 Å². The van der Waals surface area contributed by atoms with Gasteiger partial charge in [-0.3, -0.25) is 19.2 Å². The predicted octanol–water partition coefficient (Wildman–Crippen LogP) is 0.329. The van der Waals surface area contributed by atoms with E-state index in [1.807, 2.05) is 18.2 Å². The summed E-state index contributed by atoms with van der Waals surface area (Å²) in [5.74, 6) is -3.02. The van der Waals surface area contributed by atoms with Gasteiger partial charge in [-0.2, -0.15) is 0 Å². The highest BCUT2D eigenvalue weighted by atomic mass is 16.4. The molecule has 1 aromatic rings. The smallest absolute Gasteiger partial charge is 0.326 e. The number of nitrogens with one attached hydrogen (secondary N) is 2. The minimum absolute atomic E-state index is 0.0768. The maximum absolute atomic E-state index is 13.3. The summed E-state index contributed by atoms with van der Waals surface area (Å²) in [6.07, 6.45) is 2.25. The van der Waals surface area contributed by atoms with E-state index >= 15 is 0 Å². The predicted molar refractivity (Wildman–Crippen MR) is 125 cm³/mol. The highest BCUT2D eigenvalue weighted by Crippen LogP contribution is 2.21. The third kappa shape index (κ3) is 6.90. The lowest BCUT2D eigenvalue weighted by Gasteiger charge is -2.33. The lowest BCUT2D eigenvalue weighted by Crippen LogP contribution is -2.56. The number of carbonyl (C=O) groups is 5. The summed E-state index contributed by atoms with van der Waals surface area (Å²) in [6.45, 7) is 3.91. The number of nitrogens with zero attached hydrogens (tertiary/aromatic N) is 2. The lowest BCUT2D eigenvalue weighted by molar-refractivity contribution is -0.147. The van der Waals surface area contributed by atoms with Gasteiger partial charge in [-0.25, -0.2) is 4.79 Å². The molecule has 1 aromatic carbocycles. The molecule has 1 aliphatic rings. The van der Waals surface area contributed by atoms with Crippen LogP contribution in [0, 0.1) is 0 Å². The van der Waals surface area contributed by atoms with Crippen molar-refractivity contribution in [3.8, 4) is 0 Å². The van der Waals surface area contributed by atoms with Gasteiger partial charge in [0, 0.05) is 33.5 Å². The number of carboxylic acids is 1. The minimum Gasteiger partial charge on any atom is -0.480 e. The van der Waals surface area contributed by atoms with Crippen LogP contribution in [0.4, 0.5) is 0 Å². The Balaban J connectivity index is 2.25. The molecule has 1 saturated heterocycles. The summed E-state index contributed by atoms with van der Waals surface area (Å²) >= 11 is 0. The topological polar surface area (TPSA) is 136 Å². The fraction of sp³-hybridized carbons (Fsp3) is 0.458. The number of rotatable bonds is 11. The van der Waals surface area contributed by atoms with E-state index in [9.17, 15) is 29.1 Å². The SMILES string of the molecule is C=CC(=O)N1CCC[C@H]1C(=O)N(C)[C@@H](Cc1ccccc1)C(=O)N[C@@H](CCC(=O)NC)C(=O)O. The van der Waals surface area contributed by atoms with Crippen LogP contribution < -0.4 is 10.6 Å². The van der Waals surface area contributed by atoms with Gasteiger partial charge in [-0.1, -0.05) is 36.9 Å². The number of aliphatic carboxylic acids is 1. The van der Waals surface area contributed by atoms with Gasteiger partial charge in [-0.15, -0.1) is 0 Å². The van der Waals surface area contributed by atoms with Crippen molar-refractivity contribution in [1.29, 1.82) is 0 Å². The van der Waals surface area contributed by atoms with Crippen molar-refractivity contribution in [2.75, 3.05) is 20.6 Å². The Kier molecular flexibility index (Phi) is 9.78. The van der Waals surface area contributed by atoms with Crippen LogP contribution in [-0.2, 0) is 30.4 Å². The number of amides is 4. The Morgan fingerprint density at radius 1 is 1.24 bits per heavy atom. The zero-order chi connectivity index (χ0) is 25.3. The van der Waals surface area contributed by atoms with E-state index in [0.29, 0.717) is 19.4 Å². The molecule has 3 atom stereocenters. The summed E-state index contributed by atoms with van der Waals surface area (Å²) in [4.78, 5) is 64.7. The molecule has 34 heavy (non-hydrogen) atoms. The first-order valence-corrected chi connectivity index (χ1v) is 11.2. The number of likely N-dealkylation sites (tertiary alicyclic amines) is 1. The number of hydrogen-bond acceptors (Lipinski definition) is 5. The van der Waals surface area contributed by atoms with Gasteiger partial charge in [0.15, 0.2) is 0 Å². The standard InChI is InChI=1S/C24H32N4O6/c1-4-21(30)28-14-8-11-18(28)23(32)27(3)19(15-16-9-6-5-7-10-16)22(31)26-17(24(33)34)12-13-20(29)25-2/h4-7,9-10,17-19H,1,8,11-15H2,2-3H3,(H,25,29)(H,26,31)(H,33,34)/t17-,18-,19-/m0/s1.